The predicted molar refractivity (Wildman–Crippen MR) is 91.1 cm³/mol. The van der Waals surface area contributed by atoms with E-state index in [1.54, 1.807) is 30.0 Å². The Morgan fingerprint density at radius 3 is 2.67 bits per heavy atom. The summed E-state index contributed by atoms with van der Waals surface area (Å²) in [5.74, 6) is 1.27. The van der Waals surface area contributed by atoms with Crippen LogP contribution in [-0.4, -0.2) is 46.5 Å². The molecule has 1 aromatic heterocycles. The number of rotatable bonds is 3. The molecule has 2 saturated heterocycles. The average Bonchev–Trinajstić information content (AvgIpc) is 3.06. The van der Waals surface area contributed by atoms with Crippen LogP contribution in [0.2, 0.25) is 0 Å². The number of nitrogens with zero attached hydrogens (tertiary/aromatic N) is 2. The summed E-state index contributed by atoms with van der Waals surface area (Å²) in [4.78, 5) is 39.9. The fraction of sp³-hybridized carbons (Fsp3) is 0.471. The highest BCUT2D eigenvalue weighted by Crippen LogP contribution is 2.32. The molecule has 128 valence electrons. The van der Waals surface area contributed by atoms with Gasteiger partial charge >= 0.3 is 0 Å². The third kappa shape index (κ3) is 3.56. The number of aryl methyl sites for hydroxylation is 1. The van der Waals surface area contributed by atoms with Crippen molar-refractivity contribution in [1.29, 1.82) is 0 Å². The van der Waals surface area contributed by atoms with Crippen LogP contribution in [0.25, 0.3) is 6.08 Å². The normalized spacial score (nSPS) is 21.2. The van der Waals surface area contributed by atoms with Crippen LogP contribution < -0.4 is 0 Å². The summed E-state index contributed by atoms with van der Waals surface area (Å²) in [6.07, 6.45) is 3.47. The van der Waals surface area contributed by atoms with Gasteiger partial charge in [-0.2, -0.15) is 0 Å². The van der Waals surface area contributed by atoms with Gasteiger partial charge in [0.25, 0.3) is 11.1 Å². The van der Waals surface area contributed by atoms with Gasteiger partial charge in [0, 0.05) is 19.2 Å². The number of carbonyl (C=O) groups is 3. The van der Waals surface area contributed by atoms with Gasteiger partial charge in [-0.3, -0.25) is 19.3 Å². The summed E-state index contributed by atoms with van der Waals surface area (Å²) in [6.45, 7) is 5.17. The number of likely N-dealkylation sites (tertiary alicyclic amines) is 1. The predicted octanol–water partition coefficient (Wildman–Crippen LogP) is 2.88. The number of amides is 3. The highest BCUT2D eigenvalue weighted by Gasteiger charge is 2.37. The molecule has 3 amide bonds. The van der Waals surface area contributed by atoms with Crippen LogP contribution in [0.5, 0.6) is 0 Å². The van der Waals surface area contributed by atoms with Crippen LogP contribution in [0, 0.1) is 12.8 Å². The van der Waals surface area contributed by atoms with Crippen LogP contribution >= 0.6 is 11.8 Å². The number of hydrogen-bond donors (Lipinski definition) is 0. The van der Waals surface area contributed by atoms with Crippen LogP contribution in [0.4, 0.5) is 4.79 Å². The summed E-state index contributed by atoms with van der Waals surface area (Å²) in [5, 5.41) is -0.409. The van der Waals surface area contributed by atoms with Gasteiger partial charge in [-0.15, -0.1) is 0 Å². The molecule has 0 N–H and O–H groups in total. The molecular weight excluding hydrogens is 328 g/mol. The first-order chi connectivity index (χ1) is 11.4. The quantitative estimate of drug-likeness (QED) is 0.786. The molecule has 0 radical (unpaired) electrons. The van der Waals surface area contributed by atoms with Crippen LogP contribution in [-0.2, 0) is 9.59 Å². The second-order valence-electron chi connectivity index (χ2n) is 6.28. The van der Waals surface area contributed by atoms with Gasteiger partial charge in [0.1, 0.15) is 18.1 Å². The molecule has 3 rings (SSSR count). The van der Waals surface area contributed by atoms with Crippen molar-refractivity contribution in [3.05, 3.63) is 28.6 Å². The van der Waals surface area contributed by atoms with Gasteiger partial charge in [-0.05, 0) is 49.6 Å². The Kier molecular flexibility index (Phi) is 4.80. The first-order valence-corrected chi connectivity index (χ1v) is 8.85. The van der Waals surface area contributed by atoms with E-state index >= 15 is 0 Å². The number of imide groups is 1. The summed E-state index contributed by atoms with van der Waals surface area (Å²) in [7, 11) is 0. The molecule has 1 aromatic rings. The molecule has 0 atom stereocenters. The zero-order valence-corrected chi connectivity index (χ0v) is 14.6. The maximum atomic E-state index is 12.4. The lowest BCUT2D eigenvalue weighted by Gasteiger charge is -2.31. The minimum atomic E-state index is -0.433. The third-order valence-electron chi connectivity index (χ3n) is 4.34. The SMILES string of the molecule is Cc1ccc(/C=C2/SC(=O)N(CC(=O)N3CCC(C)CC3)C2=O)o1. The minimum absolute atomic E-state index is 0.167. The number of carbonyl (C=O) groups excluding carboxylic acids is 3. The highest BCUT2D eigenvalue weighted by molar-refractivity contribution is 8.18. The standard InChI is InChI=1S/C17H20N2O4S/c1-11-5-7-18(8-6-11)15(20)10-19-16(21)14(24-17(19)22)9-13-4-3-12(2)23-13/h3-4,9,11H,5-8,10H2,1-2H3/b14-9+. The van der Waals surface area contributed by atoms with E-state index in [2.05, 4.69) is 6.92 Å². The molecule has 2 fully saturated rings. The smallest absolute Gasteiger partial charge is 0.294 e. The number of thioether (sulfide) groups is 1. The second-order valence-corrected chi connectivity index (χ2v) is 7.27. The lowest BCUT2D eigenvalue weighted by atomic mass is 9.99. The Morgan fingerprint density at radius 1 is 1.33 bits per heavy atom. The molecule has 24 heavy (non-hydrogen) atoms. The van der Waals surface area contributed by atoms with Gasteiger partial charge in [-0.1, -0.05) is 6.92 Å². The fourth-order valence-electron chi connectivity index (χ4n) is 2.79. The Morgan fingerprint density at radius 2 is 2.04 bits per heavy atom. The van der Waals surface area contributed by atoms with Gasteiger partial charge in [0.15, 0.2) is 0 Å². The van der Waals surface area contributed by atoms with E-state index in [1.165, 1.54) is 0 Å². The summed E-state index contributed by atoms with van der Waals surface area (Å²) >= 11 is 0.843. The van der Waals surface area contributed by atoms with E-state index in [1.807, 2.05) is 0 Å². The van der Waals surface area contributed by atoms with E-state index in [0.29, 0.717) is 24.8 Å². The van der Waals surface area contributed by atoms with Crippen molar-refractivity contribution in [2.75, 3.05) is 19.6 Å². The molecule has 0 unspecified atom stereocenters. The molecule has 0 aromatic carbocycles. The lowest BCUT2D eigenvalue weighted by Crippen LogP contribution is -2.45. The Labute approximate surface area is 144 Å². The lowest BCUT2D eigenvalue weighted by molar-refractivity contribution is -0.136. The number of piperidine rings is 1. The van der Waals surface area contributed by atoms with Gasteiger partial charge in [0.05, 0.1) is 4.91 Å². The van der Waals surface area contributed by atoms with Crippen LogP contribution in [0.1, 0.15) is 31.3 Å². The average molecular weight is 348 g/mol. The largest absolute Gasteiger partial charge is 0.462 e. The molecule has 0 spiro atoms. The maximum absolute atomic E-state index is 12.4. The maximum Gasteiger partial charge on any atom is 0.294 e. The van der Waals surface area contributed by atoms with Crippen molar-refractivity contribution in [1.82, 2.24) is 9.80 Å². The summed E-state index contributed by atoms with van der Waals surface area (Å²) in [6, 6.07) is 3.53. The molecule has 2 aliphatic rings. The van der Waals surface area contributed by atoms with E-state index in [9.17, 15) is 14.4 Å². The minimum Gasteiger partial charge on any atom is -0.462 e. The first-order valence-electron chi connectivity index (χ1n) is 8.03. The van der Waals surface area contributed by atoms with Crippen LogP contribution in [0.15, 0.2) is 21.5 Å². The van der Waals surface area contributed by atoms with Crippen molar-refractivity contribution < 1.29 is 18.8 Å². The molecular formula is C17H20N2O4S. The summed E-state index contributed by atoms with van der Waals surface area (Å²) < 4.78 is 5.40. The molecule has 0 bridgehead atoms. The van der Waals surface area contributed by atoms with Crippen molar-refractivity contribution >= 4 is 34.9 Å². The van der Waals surface area contributed by atoms with Crippen molar-refractivity contribution in [3.8, 4) is 0 Å². The third-order valence-corrected chi connectivity index (χ3v) is 5.25. The van der Waals surface area contributed by atoms with E-state index in [-0.39, 0.29) is 17.4 Å². The molecule has 6 nitrogen and oxygen atoms in total. The number of hydrogen-bond acceptors (Lipinski definition) is 5. The monoisotopic (exact) mass is 348 g/mol. The molecule has 0 saturated carbocycles. The van der Waals surface area contributed by atoms with Crippen molar-refractivity contribution in [2.24, 2.45) is 5.92 Å². The summed E-state index contributed by atoms with van der Waals surface area (Å²) in [5.41, 5.74) is 0. The first kappa shape index (κ1) is 16.8. The Bertz CT molecular complexity index is 701. The zero-order chi connectivity index (χ0) is 17.3. The molecule has 7 heteroatoms. The topological polar surface area (TPSA) is 70.8 Å². The van der Waals surface area contributed by atoms with Gasteiger partial charge in [-0.25, -0.2) is 0 Å². The van der Waals surface area contributed by atoms with E-state index in [4.69, 9.17) is 4.42 Å². The molecule has 0 aliphatic carbocycles. The van der Waals surface area contributed by atoms with Crippen molar-refractivity contribution in [2.45, 2.75) is 26.7 Å². The Hall–Kier alpha value is -2.02. The molecule has 3 heterocycles. The molecule has 2 aliphatic heterocycles. The van der Waals surface area contributed by atoms with Crippen LogP contribution in [0.3, 0.4) is 0 Å². The second kappa shape index (κ2) is 6.84. The van der Waals surface area contributed by atoms with Crippen molar-refractivity contribution in [3.63, 3.8) is 0 Å². The number of furan rings is 1. The fourth-order valence-corrected chi connectivity index (χ4v) is 3.61. The van der Waals surface area contributed by atoms with Gasteiger partial charge < -0.3 is 9.32 Å². The Balaban J connectivity index is 1.66. The zero-order valence-electron chi connectivity index (χ0n) is 13.8. The van der Waals surface area contributed by atoms with E-state index < -0.39 is 11.1 Å². The van der Waals surface area contributed by atoms with E-state index in [0.717, 1.165) is 35.3 Å². The highest BCUT2D eigenvalue weighted by atomic mass is 32.2. The van der Waals surface area contributed by atoms with Gasteiger partial charge in [0.2, 0.25) is 5.91 Å².